The van der Waals surface area contributed by atoms with Gasteiger partial charge in [0.15, 0.2) is 0 Å². The zero-order valence-corrected chi connectivity index (χ0v) is 15.6. The molecule has 2 heteroatoms. The average molecular weight is 333 g/mol. The van der Waals surface area contributed by atoms with E-state index in [-0.39, 0.29) is 5.41 Å². The zero-order chi connectivity index (χ0) is 18.1. The normalized spacial score (nSPS) is 12.0. The molecule has 0 atom stereocenters. The number of rotatable bonds is 6. The Morgan fingerprint density at radius 3 is 2.52 bits per heavy atom. The van der Waals surface area contributed by atoms with Crippen LogP contribution in [0.3, 0.4) is 0 Å². The third kappa shape index (κ3) is 7.74. The van der Waals surface area contributed by atoms with Gasteiger partial charge >= 0.3 is 0 Å². The van der Waals surface area contributed by atoms with Crippen LogP contribution in [0.1, 0.15) is 37.9 Å². The van der Waals surface area contributed by atoms with Crippen LogP contribution in [-0.2, 0) is 6.54 Å². The summed E-state index contributed by atoms with van der Waals surface area (Å²) in [5.74, 6) is 8.12. The Labute approximate surface area is 151 Å². The van der Waals surface area contributed by atoms with Crippen molar-refractivity contribution < 1.29 is 4.42 Å². The van der Waals surface area contributed by atoms with E-state index in [9.17, 15) is 0 Å². The van der Waals surface area contributed by atoms with E-state index in [1.165, 1.54) is 5.56 Å². The van der Waals surface area contributed by atoms with Crippen LogP contribution in [0.15, 0.2) is 59.0 Å². The standard InChI is InChI=1S/C23H27NO/c1-23(2,3)17-9-6-10-18-24(4)19-22-16-15-21(25-22)14-13-20-11-7-5-8-12-20/h5-8,10-16H,18-19H2,1-4H3. The van der Waals surface area contributed by atoms with Crippen LogP contribution in [0.5, 0.6) is 0 Å². The monoisotopic (exact) mass is 333 g/mol. The lowest BCUT2D eigenvalue weighted by Gasteiger charge is -2.11. The molecule has 25 heavy (non-hydrogen) atoms. The molecule has 1 aromatic heterocycles. The molecular weight excluding hydrogens is 306 g/mol. The summed E-state index contributed by atoms with van der Waals surface area (Å²) in [6.45, 7) is 7.95. The van der Waals surface area contributed by atoms with Crippen molar-refractivity contribution in [2.45, 2.75) is 27.3 Å². The molecule has 2 rings (SSSR count). The van der Waals surface area contributed by atoms with Gasteiger partial charge in [0.2, 0.25) is 0 Å². The van der Waals surface area contributed by atoms with E-state index in [2.05, 4.69) is 68.8 Å². The van der Waals surface area contributed by atoms with Crippen molar-refractivity contribution in [1.29, 1.82) is 0 Å². The molecule has 0 bridgehead atoms. The molecule has 0 saturated heterocycles. The molecule has 0 amide bonds. The molecule has 0 aliphatic carbocycles. The van der Waals surface area contributed by atoms with Gasteiger partial charge in [-0.3, -0.25) is 4.90 Å². The second-order valence-corrected chi connectivity index (χ2v) is 7.17. The number of likely N-dealkylation sites (N-methyl/N-ethyl adjacent to an activating group) is 1. The zero-order valence-electron chi connectivity index (χ0n) is 15.6. The molecule has 2 nitrogen and oxygen atoms in total. The number of hydrogen-bond donors (Lipinski definition) is 0. The minimum atomic E-state index is 0.0497. The molecule has 0 radical (unpaired) electrons. The first-order valence-corrected chi connectivity index (χ1v) is 8.60. The number of benzene rings is 1. The predicted molar refractivity (Wildman–Crippen MR) is 107 cm³/mol. The molecule has 0 fully saturated rings. The summed E-state index contributed by atoms with van der Waals surface area (Å²) in [5.41, 5.74) is 1.22. The minimum absolute atomic E-state index is 0.0497. The highest BCUT2D eigenvalue weighted by molar-refractivity contribution is 5.67. The van der Waals surface area contributed by atoms with Crippen molar-refractivity contribution in [3.05, 3.63) is 71.7 Å². The summed E-state index contributed by atoms with van der Waals surface area (Å²) >= 11 is 0. The average Bonchev–Trinajstić information content (AvgIpc) is 3.00. The van der Waals surface area contributed by atoms with E-state index in [0.29, 0.717) is 0 Å². The Balaban J connectivity index is 1.83. The van der Waals surface area contributed by atoms with Crippen molar-refractivity contribution in [3.63, 3.8) is 0 Å². The molecule has 0 saturated carbocycles. The second kappa shape index (κ2) is 9.11. The predicted octanol–water partition coefficient (Wildman–Crippen LogP) is 5.49. The van der Waals surface area contributed by atoms with Crippen LogP contribution in [0.2, 0.25) is 0 Å². The maximum atomic E-state index is 5.87. The Morgan fingerprint density at radius 2 is 1.80 bits per heavy atom. The van der Waals surface area contributed by atoms with Gasteiger partial charge in [0.05, 0.1) is 6.54 Å². The Hall–Kier alpha value is -2.50. The molecule has 0 aliphatic rings. The third-order valence-electron chi connectivity index (χ3n) is 3.41. The van der Waals surface area contributed by atoms with Gasteiger partial charge < -0.3 is 4.42 Å². The summed E-state index contributed by atoms with van der Waals surface area (Å²) in [7, 11) is 2.07. The van der Waals surface area contributed by atoms with E-state index in [1.807, 2.05) is 42.5 Å². The van der Waals surface area contributed by atoms with Crippen molar-refractivity contribution >= 4 is 12.2 Å². The van der Waals surface area contributed by atoms with Crippen LogP contribution in [-0.4, -0.2) is 18.5 Å². The Bertz CT molecular complexity index is 764. The van der Waals surface area contributed by atoms with Crippen LogP contribution >= 0.6 is 0 Å². The summed E-state index contributed by atoms with van der Waals surface area (Å²) in [5, 5.41) is 0. The fourth-order valence-electron chi connectivity index (χ4n) is 2.19. The summed E-state index contributed by atoms with van der Waals surface area (Å²) < 4.78 is 5.87. The fraction of sp³-hybridized carbons (Fsp3) is 0.304. The van der Waals surface area contributed by atoms with E-state index < -0.39 is 0 Å². The van der Waals surface area contributed by atoms with E-state index in [4.69, 9.17) is 4.42 Å². The highest BCUT2D eigenvalue weighted by Crippen LogP contribution is 2.13. The van der Waals surface area contributed by atoms with Crippen molar-refractivity contribution in [2.24, 2.45) is 5.41 Å². The third-order valence-corrected chi connectivity index (χ3v) is 3.41. The molecule has 2 aromatic rings. The number of allylic oxidation sites excluding steroid dienone is 1. The summed E-state index contributed by atoms with van der Waals surface area (Å²) in [6, 6.07) is 14.3. The first-order valence-electron chi connectivity index (χ1n) is 8.60. The van der Waals surface area contributed by atoms with Crippen LogP contribution in [0.25, 0.3) is 12.2 Å². The van der Waals surface area contributed by atoms with Crippen molar-refractivity contribution in [3.8, 4) is 11.8 Å². The van der Waals surface area contributed by atoms with Gasteiger partial charge in [-0.05, 0) is 57.7 Å². The summed E-state index contributed by atoms with van der Waals surface area (Å²) in [4.78, 5) is 2.19. The smallest absolute Gasteiger partial charge is 0.127 e. The van der Waals surface area contributed by atoms with Gasteiger partial charge in [0.25, 0.3) is 0 Å². The lowest BCUT2D eigenvalue weighted by atomic mass is 9.98. The lowest BCUT2D eigenvalue weighted by molar-refractivity contribution is 0.321. The van der Waals surface area contributed by atoms with Gasteiger partial charge in [0.1, 0.15) is 11.5 Å². The number of nitrogens with zero attached hydrogens (tertiary/aromatic N) is 1. The van der Waals surface area contributed by atoms with Crippen molar-refractivity contribution in [1.82, 2.24) is 4.90 Å². The molecular formula is C23H27NO. The maximum absolute atomic E-state index is 5.87. The van der Waals surface area contributed by atoms with Gasteiger partial charge in [-0.2, -0.15) is 0 Å². The quantitative estimate of drug-likeness (QED) is 0.650. The molecule has 1 aromatic carbocycles. The van der Waals surface area contributed by atoms with Crippen LogP contribution in [0, 0.1) is 17.3 Å². The lowest BCUT2D eigenvalue weighted by Crippen LogP contribution is -2.17. The highest BCUT2D eigenvalue weighted by Gasteiger charge is 2.04. The van der Waals surface area contributed by atoms with Crippen LogP contribution in [0.4, 0.5) is 0 Å². The minimum Gasteiger partial charge on any atom is -0.460 e. The first-order chi connectivity index (χ1) is 11.9. The van der Waals surface area contributed by atoms with E-state index in [0.717, 1.165) is 24.6 Å². The van der Waals surface area contributed by atoms with Crippen molar-refractivity contribution in [2.75, 3.05) is 13.6 Å². The van der Waals surface area contributed by atoms with E-state index in [1.54, 1.807) is 0 Å². The van der Waals surface area contributed by atoms with Gasteiger partial charge in [-0.1, -0.05) is 54.3 Å². The molecule has 0 spiro atoms. The number of hydrogen-bond acceptors (Lipinski definition) is 2. The Morgan fingerprint density at radius 1 is 1.04 bits per heavy atom. The number of furan rings is 1. The fourth-order valence-corrected chi connectivity index (χ4v) is 2.19. The maximum Gasteiger partial charge on any atom is 0.127 e. The summed E-state index contributed by atoms with van der Waals surface area (Å²) in [6.07, 6.45) is 8.07. The molecule has 0 unspecified atom stereocenters. The first kappa shape index (κ1) is 18.8. The largest absolute Gasteiger partial charge is 0.460 e. The topological polar surface area (TPSA) is 16.4 Å². The second-order valence-electron chi connectivity index (χ2n) is 7.17. The Kier molecular flexibility index (Phi) is 6.86. The van der Waals surface area contributed by atoms with Gasteiger partial charge in [-0.15, -0.1) is 0 Å². The van der Waals surface area contributed by atoms with Gasteiger partial charge in [-0.25, -0.2) is 0 Å². The van der Waals surface area contributed by atoms with Crippen LogP contribution < -0.4 is 0 Å². The SMILES string of the molecule is CN(CC=CC#CC(C)(C)C)Cc1ccc(C=Cc2ccccc2)o1. The molecule has 0 N–H and O–H groups in total. The molecule has 130 valence electrons. The van der Waals surface area contributed by atoms with Gasteiger partial charge in [0, 0.05) is 12.0 Å². The van der Waals surface area contributed by atoms with E-state index >= 15 is 0 Å². The molecule has 0 aliphatic heterocycles. The molecule has 1 heterocycles. The highest BCUT2D eigenvalue weighted by atomic mass is 16.3.